The minimum atomic E-state index is -0.0620. The summed E-state index contributed by atoms with van der Waals surface area (Å²) in [5.74, 6) is -0.0422. The Hall–Kier alpha value is -2.74. The Morgan fingerprint density at radius 2 is 1.29 bits per heavy atom. The van der Waals surface area contributed by atoms with Crippen LogP contribution in [0.1, 0.15) is 43.3 Å². The van der Waals surface area contributed by atoms with Crippen molar-refractivity contribution >= 4 is 11.6 Å². The van der Waals surface area contributed by atoms with Gasteiger partial charge in [-0.05, 0) is 5.56 Å². The van der Waals surface area contributed by atoms with E-state index < -0.39 is 0 Å². The van der Waals surface area contributed by atoms with E-state index in [0.717, 1.165) is 5.56 Å². The Morgan fingerprint density at radius 3 is 2.00 bits per heavy atom. The topological polar surface area (TPSA) is 34.1 Å². The zero-order chi connectivity index (χ0) is 14.4. The number of hydrogen-bond acceptors (Lipinski definition) is 2. The first-order valence-electron chi connectivity index (χ1n) is 6.93. The lowest BCUT2D eigenvalue weighted by atomic mass is 9.79. The van der Waals surface area contributed by atoms with Gasteiger partial charge in [0.25, 0.3) is 0 Å². The molecule has 2 aliphatic carbocycles. The van der Waals surface area contributed by atoms with E-state index in [9.17, 15) is 9.59 Å². The Kier molecular flexibility index (Phi) is 2.51. The fraction of sp³-hybridized carbons (Fsp3) is 0.0526. The van der Waals surface area contributed by atoms with Crippen LogP contribution in [-0.4, -0.2) is 11.6 Å². The highest BCUT2D eigenvalue weighted by Crippen LogP contribution is 2.34. The zero-order valence-electron chi connectivity index (χ0n) is 11.2. The molecule has 100 valence electrons. The molecule has 0 atom stereocenters. The summed E-state index contributed by atoms with van der Waals surface area (Å²) in [6.45, 7) is 0. The number of benzene rings is 2. The van der Waals surface area contributed by atoms with Crippen LogP contribution in [0.2, 0.25) is 0 Å². The third-order valence-corrected chi connectivity index (χ3v) is 4.09. The Bertz CT molecular complexity index is 828. The second kappa shape index (κ2) is 4.38. The molecule has 0 heterocycles. The maximum Gasteiger partial charge on any atom is 0.194 e. The summed E-state index contributed by atoms with van der Waals surface area (Å²) in [4.78, 5) is 25.5. The zero-order valence-corrected chi connectivity index (χ0v) is 11.2. The largest absolute Gasteiger partial charge is 0.289 e. The summed E-state index contributed by atoms with van der Waals surface area (Å²) >= 11 is 0. The van der Waals surface area contributed by atoms with Gasteiger partial charge in [0.2, 0.25) is 0 Å². The molecule has 2 aromatic rings. The number of carbonyl (C=O) groups is 2. The smallest absolute Gasteiger partial charge is 0.194 e. The van der Waals surface area contributed by atoms with E-state index in [-0.39, 0.29) is 17.5 Å². The molecule has 2 heteroatoms. The maximum atomic E-state index is 12.8. The molecule has 2 aromatic carbocycles. The predicted octanol–water partition coefficient (Wildman–Crippen LogP) is 3.67. The van der Waals surface area contributed by atoms with Crippen LogP contribution in [0.4, 0.5) is 0 Å². The third-order valence-electron chi connectivity index (χ3n) is 4.09. The van der Waals surface area contributed by atoms with Crippen molar-refractivity contribution in [1.29, 1.82) is 0 Å². The molecule has 0 saturated heterocycles. The van der Waals surface area contributed by atoms with Gasteiger partial charge in [-0.3, -0.25) is 9.59 Å². The monoisotopic (exact) mass is 272 g/mol. The van der Waals surface area contributed by atoms with Crippen LogP contribution in [0.25, 0.3) is 0 Å². The molecule has 4 rings (SSSR count). The van der Waals surface area contributed by atoms with Gasteiger partial charge in [0.05, 0.1) is 0 Å². The average molecular weight is 272 g/mol. The van der Waals surface area contributed by atoms with E-state index in [0.29, 0.717) is 22.3 Å². The molecule has 0 unspecified atom stereocenters. The number of hydrogen-bond donors (Lipinski definition) is 0. The normalized spacial score (nSPS) is 16.2. The van der Waals surface area contributed by atoms with Gasteiger partial charge < -0.3 is 0 Å². The molecule has 21 heavy (non-hydrogen) atoms. The minimum Gasteiger partial charge on any atom is -0.289 e. The molecule has 0 saturated carbocycles. The van der Waals surface area contributed by atoms with Crippen LogP contribution >= 0.6 is 0 Å². The molecular weight excluding hydrogens is 260 g/mol. The number of ketones is 2. The van der Waals surface area contributed by atoms with E-state index >= 15 is 0 Å². The Morgan fingerprint density at radius 1 is 0.667 bits per heavy atom. The number of rotatable bonds is 1. The van der Waals surface area contributed by atoms with Crippen molar-refractivity contribution in [3.8, 4) is 0 Å². The van der Waals surface area contributed by atoms with Gasteiger partial charge >= 0.3 is 0 Å². The van der Waals surface area contributed by atoms with Crippen LogP contribution in [0.5, 0.6) is 0 Å². The highest BCUT2D eigenvalue weighted by molar-refractivity contribution is 6.28. The van der Waals surface area contributed by atoms with Crippen molar-refractivity contribution in [3.63, 3.8) is 0 Å². The third kappa shape index (κ3) is 1.66. The van der Waals surface area contributed by atoms with Gasteiger partial charge in [-0.15, -0.1) is 0 Å². The molecule has 0 amide bonds. The van der Waals surface area contributed by atoms with Gasteiger partial charge in [-0.2, -0.15) is 0 Å². The van der Waals surface area contributed by atoms with Crippen molar-refractivity contribution in [2.45, 2.75) is 5.92 Å². The van der Waals surface area contributed by atoms with Crippen LogP contribution in [0.15, 0.2) is 66.8 Å². The van der Waals surface area contributed by atoms with E-state index in [1.165, 1.54) is 0 Å². The highest BCUT2D eigenvalue weighted by Gasteiger charge is 2.32. The molecule has 0 aromatic heterocycles. The molecule has 2 aliphatic rings. The molecular formula is C19H12O2. The standard InChI is InChI=1S/C19H12O2/c20-18-14-8-3-4-9-15(14)19(21)17-13(10-5-11-16(17)18)12-6-1-2-7-12/h1-12H. The number of carbonyl (C=O) groups excluding carboxylic acids is 2. The van der Waals surface area contributed by atoms with Crippen LogP contribution in [0, 0.1) is 0 Å². The molecule has 0 bridgehead atoms. The van der Waals surface area contributed by atoms with Gasteiger partial charge in [-0.1, -0.05) is 66.8 Å². The van der Waals surface area contributed by atoms with Crippen LogP contribution in [-0.2, 0) is 0 Å². The van der Waals surface area contributed by atoms with E-state index in [1.807, 2.05) is 36.4 Å². The summed E-state index contributed by atoms with van der Waals surface area (Å²) in [6, 6.07) is 12.6. The molecule has 0 spiro atoms. The number of allylic oxidation sites excluding steroid dienone is 4. The first-order valence-corrected chi connectivity index (χ1v) is 6.93. The number of fused-ring (bicyclic) bond motifs is 2. The fourth-order valence-electron chi connectivity index (χ4n) is 3.09. The second-order valence-corrected chi connectivity index (χ2v) is 5.27. The quantitative estimate of drug-likeness (QED) is 0.677. The van der Waals surface area contributed by atoms with Crippen molar-refractivity contribution in [2.24, 2.45) is 0 Å². The van der Waals surface area contributed by atoms with Crippen molar-refractivity contribution < 1.29 is 9.59 Å². The average Bonchev–Trinajstić information content (AvgIpc) is 3.06. The maximum absolute atomic E-state index is 12.8. The van der Waals surface area contributed by atoms with Crippen LogP contribution in [0.3, 0.4) is 0 Å². The van der Waals surface area contributed by atoms with Crippen molar-refractivity contribution in [1.82, 2.24) is 0 Å². The minimum absolute atomic E-state index is 0.0514. The summed E-state index contributed by atoms with van der Waals surface area (Å²) in [7, 11) is 0. The SMILES string of the molecule is O=C1c2ccccc2C(=O)c2c1cccc2C1C=CC=C1. The van der Waals surface area contributed by atoms with Gasteiger partial charge in [0, 0.05) is 28.2 Å². The lowest BCUT2D eigenvalue weighted by molar-refractivity contribution is 0.0978. The van der Waals surface area contributed by atoms with Crippen molar-refractivity contribution in [3.05, 3.63) is 94.6 Å². The Labute approximate surface area is 122 Å². The molecule has 0 radical (unpaired) electrons. The molecule has 2 nitrogen and oxygen atoms in total. The van der Waals surface area contributed by atoms with E-state index in [1.54, 1.807) is 30.3 Å². The van der Waals surface area contributed by atoms with E-state index in [2.05, 4.69) is 0 Å². The summed E-state index contributed by atoms with van der Waals surface area (Å²) in [5.41, 5.74) is 3.00. The summed E-state index contributed by atoms with van der Waals surface area (Å²) in [6.07, 6.45) is 8.00. The summed E-state index contributed by atoms with van der Waals surface area (Å²) in [5, 5.41) is 0. The first-order chi connectivity index (χ1) is 10.3. The lowest BCUT2D eigenvalue weighted by Gasteiger charge is -2.21. The predicted molar refractivity (Wildman–Crippen MR) is 80.8 cm³/mol. The summed E-state index contributed by atoms with van der Waals surface area (Å²) < 4.78 is 0. The van der Waals surface area contributed by atoms with Gasteiger partial charge in [-0.25, -0.2) is 0 Å². The van der Waals surface area contributed by atoms with Gasteiger partial charge in [0.1, 0.15) is 0 Å². The molecule has 0 aliphatic heterocycles. The Balaban J connectivity index is 1.99. The molecule has 0 fully saturated rings. The lowest BCUT2D eigenvalue weighted by Crippen LogP contribution is -2.22. The fourth-order valence-corrected chi connectivity index (χ4v) is 3.09. The van der Waals surface area contributed by atoms with Crippen molar-refractivity contribution in [2.75, 3.05) is 0 Å². The second-order valence-electron chi connectivity index (χ2n) is 5.27. The highest BCUT2D eigenvalue weighted by atomic mass is 16.1. The van der Waals surface area contributed by atoms with Gasteiger partial charge in [0.15, 0.2) is 11.6 Å². The first kappa shape index (κ1) is 12.0. The molecule has 0 N–H and O–H groups in total. The van der Waals surface area contributed by atoms with E-state index in [4.69, 9.17) is 0 Å². The van der Waals surface area contributed by atoms with Crippen LogP contribution < -0.4 is 0 Å².